The molecule has 20 heavy (non-hydrogen) atoms. The zero-order valence-corrected chi connectivity index (χ0v) is 13.4. The van der Waals surface area contributed by atoms with Gasteiger partial charge in [0, 0.05) is 19.6 Å². The van der Waals surface area contributed by atoms with E-state index >= 15 is 0 Å². The third-order valence-electron chi connectivity index (χ3n) is 4.98. The van der Waals surface area contributed by atoms with E-state index in [1.807, 2.05) is 0 Å². The van der Waals surface area contributed by atoms with Crippen LogP contribution < -0.4 is 10.5 Å². The number of piperidine rings is 1. The molecule has 1 aliphatic heterocycles. The lowest BCUT2D eigenvalue weighted by Crippen LogP contribution is -2.47. The Kier molecular flexibility index (Phi) is 5.84. The number of rotatable bonds is 5. The first kappa shape index (κ1) is 16.2. The molecule has 6 heteroatoms. The topological polar surface area (TPSA) is 75.4 Å². The zero-order valence-electron chi connectivity index (χ0n) is 12.6. The third-order valence-corrected chi connectivity index (χ3v) is 6.56. The van der Waals surface area contributed by atoms with Crippen LogP contribution in [0.1, 0.15) is 45.4 Å². The zero-order chi connectivity index (χ0) is 14.6. The van der Waals surface area contributed by atoms with E-state index < -0.39 is 10.2 Å². The van der Waals surface area contributed by atoms with Crippen LogP contribution in [0.15, 0.2) is 0 Å². The molecule has 0 bridgehead atoms. The summed E-state index contributed by atoms with van der Waals surface area (Å²) in [4.78, 5) is 0. The van der Waals surface area contributed by atoms with Crippen LogP contribution in [0.3, 0.4) is 0 Å². The predicted octanol–water partition coefficient (Wildman–Crippen LogP) is 1.32. The van der Waals surface area contributed by atoms with Gasteiger partial charge in [0.25, 0.3) is 10.2 Å². The Labute approximate surface area is 123 Å². The van der Waals surface area contributed by atoms with Gasteiger partial charge >= 0.3 is 0 Å². The fourth-order valence-electron chi connectivity index (χ4n) is 3.39. The Hall–Kier alpha value is -0.170. The first-order valence-corrected chi connectivity index (χ1v) is 9.41. The fraction of sp³-hybridized carbons (Fsp3) is 1.00. The summed E-state index contributed by atoms with van der Waals surface area (Å²) in [5.74, 6) is 1.53. The Bertz CT molecular complexity index is 391. The van der Waals surface area contributed by atoms with Crippen molar-refractivity contribution in [2.24, 2.45) is 23.5 Å². The van der Waals surface area contributed by atoms with Crippen molar-refractivity contribution in [1.82, 2.24) is 9.03 Å². The molecule has 1 saturated carbocycles. The lowest BCUT2D eigenvalue weighted by atomic mass is 9.79. The lowest BCUT2D eigenvalue weighted by molar-refractivity contribution is 0.240. The summed E-state index contributed by atoms with van der Waals surface area (Å²) >= 11 is 0. The molecule has 3 N–H and O–H groups in total. The Morgan fingerprint density at radius 1 is 1.10 bits per heavy atom. The summed E-state index contributed by atoms with van der Waals surface area (Å²) in [5, 5.41) is 0. The Morgan fingerprint density at radius 3 is 2.30 bits per heavy atom. The molecule has 2 rings (SSSR count). The summed E-state index contributed by atoms with van der Waals surface area (Å²) in [6.45, 7) is 4.72. The normalized spacial score (nSPS) is 30.5. The van der Waals surface area contributed by atoms with Crippen LogP contribution in [-0.2, 0) is 10.2 Å². The average molecular weight is 303 g/mol. The second-order valence-electron chi connectivity index (χ2n) is 6.48. The van der Waals surface area contributed by atoms with E-state index in [1.165, 1.54) is 12.8 Å². The summed E-state index contributed by atoms with van der Waals surface area (Å²) < 4.78 is 29.1. The molecule has 1 aliphatic carbocycles. The highest BCUT2D eigenvalue weighted by molar-refractivity contribution is 7.87. The van der Waals surface area contributed by atoms with Crippen LogP contribution in [0.4, 0.5) is 0 Å². The molecule has 1 heterocycles. The summed E-state index contributed by atoms with van der Waals surface area (Å²) in [6, 6.07) is 0. The molecule has 2 aliphatic rings. The van der Waals surface area contributed by atoms with Gasteiger partial charge in [-0.2, -0.15) is 12.7 Å². The monoisotopic (exact) mass is 303 g/mol. The van der Waals surface area contributed by atoms with Crippen molar-refractivity contribution in [3.8, 4) is 0 Å². The highest BCUT2D eigenvalue weighted by Gasteiger charge is 2.29. The van der Waals surface area contributed by atoms with Crippen LogP contribution in [0.25, 0.3) is 0 Å². The highest BCUT2D eigenvalue weighted by Crippen LogP contribution is 2.29. The maximum Gasteiger partial charge on any atom is 0.279 e. The number of hydrogen-bond donors (Lipinski definition) is 2. The molecule has 0 aromatic carbocycles. The number of nitrogens with two attached hydrogens (primary N) is 1. The summed E-state index contributed by atoms with van der Waals surface area (Å²) in [6.07, 6.45) is 6.61. The van der Waals surface area contributed by atoms with Crippen molar-refractivity contribution in [2.45, 2.75) is 45.4 Å². The van der Waals surface area contributed by atoms with E-state index in [1.54, 1.807) is 4.31 Å². The maximum absolute atomic E-state index is 12.3. The lowest BCUT2D eigenvalue weighted by Gasteiger charge is -2.33. The molecule has 2 fully saturated rings. The van der Waals surface area contributed by atoms with Crippen LogP contribution >= 0.6 is 0 Å². The molecule has 1 saturated heterocycles. The summed E-state index contributed by atoms with van der Waals surface area (Å²) in [7, 11) is -3.30. The van der Waals surface area contributed by atoms with Gasteiger partial charge in [0.1, 0.15) is 0 Å². The third kappa shape index (κ3) is 4.16. The largest absolute Gasteiger partial charge is 0.330 e. The van der Waals surface area contributed by atoms with Gasteiger partial charge in [-0.25, -0.2) is 4.72 Å². The molecule has 0 aromatic rings. The van der Waals surface area contributed by atoms with Crippen LogP contribution in [0, 0.1) is 17.8 Å². The maximum atomic E-state index is 12.3. The highest BCUT2D eigenvalue weighted by atomic mass is 32.2. The molecular weight excluding hydrogens is 274 g/mol. The first-order valence-electron chi connectivity index (χ1n) is 7.97. The van der Waals surface area contributed by atoms with Gasteiger partial charge in [0.2, 0.25) is 0 Å². The molecule has 0 radical (unpaired) electrons. The summed E-state index contributed by atoms with van der Waals surface area (Å²) in [5.41, 5.74) is 5.80. The Morgan fingerprint density at radius 2 is 1.70 bits per heavy atom. The van der Waals surface area contributed by atoms with Crippen molar-refractivity contribution >= 4 is 10.2 Å². The average Bonchev–Trinajstić information content (AvgIpc) is 2.46. The van der Waals surface area contributed by atoms with Crippen molar-refractivity contribution < 1.29 is 8.42 Å². The van der Waals surface area contributed by atoms with E-state index in [-0.39, 0.29) is 0 Å². The molecule has 0 aromatic heterocycles. The molecular formula is C14H29N3O2S. The number of nitrogens with one attached hydrogen (secondary N) is 1. The van der Waals surface area contributed by atoms with Crippen molar-refractivity contribution in [3.63, 3.8) is 0 Å². The van der Waals surface area contributed by atoms with Gasteiger partial charge in [-0.1, -0.05) is 19.8 Å². The van der Waals surface area contributed by atoms with Crippen molar-refractivity contribution in [2.75, 3.05) is 26.2 Å². The van der Waals surface area contributed by atoms with Gasteiger partial charge < -0.3 is 5.73 Å². The first-order chi connectivity index (χ1) is 9.53. The van der Waals surface area contributed by atoms with Gasteiger partial charge in [0.15, 0.2) is 0 Å². The quantitative estimate of drug-likeness (QED) is 0.804. The number of hydrogen-bond acceptors (Lipinski definition) is 3. The molecule has 0 amide bonds. The molecule has 118 valence electrons. The van der Waals surface area contributed by atoms with E-state index in [0.29, 0.717) is 43.9 Å². The smallest absolute Gasteiger partial charge is 0.279 e. The Balaban J connectivity index is 1.85. The number of nitrogens with zero attached hydrogens (tertiary/aromatic N) is 1. The van der Waals surface area contributed by atoms with Gasteiger partial charge in [-0.15, -0.1) is 0 Å². The predicted molar refractivity (Wildman–Crippen MR) is 81.4 cm³/mol. The van der Waals surface area contributed by atoms with Crippen LogP contribution in [0.5, 0.6) is 0 Å². The van der Waals surface area contributed by atoms with E-state index in [2.05, 4.69) is 11.6 Å². The van der Waals surface area contributed by atoms with Gasteiger partial charge in [-0.05, 0) is 50.0 Å². The molecule has 0 spiro atoms. The molecule has 2 unspecified atom stereocenters. The van der Waals surface area contributed by atoms with E-state index in [9.17, 15) is 8.42 Å². The SMILES string of the molecule is CC1CCN(S(=O)(=O)NCC2CCCCC2CN)CC1. The van der Waals surface area contributed by atoms with Gasteiger partial charge in [-0.3, -0.25) is 0 Å². The standard InChI is InChI=1S/C14H29N3O2S/c1-12-6-8-17(9-7-12)20(18,19)16-11-14-5-3-2-4-13(14)10-15/h12-14,16H,2-11,15H2,1H3. The van der Waals surface area contributed by atoms with Crippen molar-refractivity contribution in [3.05, 3.63) is 0 Å². The van der Waals surface area contributed by atoms with Crippen molar-refractivity contribution in [1.29, 1.82) is 0 Å². The minimum absolute atomic E-state index is 0.409. The molecule has 2 atom stereocenters. The molecule has 5 nitrogen and oxygen atoms in total. The second kappa shape index (κ2) is 7.20. The van der Waals surface area contributed by atoms with E-state index in [0.717, 1.165) is 25.7 Å². The second-order valence-corrected chi connectivity index (χ2v) is 8.23. The minimum Gasteiger partial charge on any atom is -0.330 e. The minimum atomic E-state index is -3.30. The van der Waals surface area contributed by atoms with E-state index in [4.69, 9.17) is 5.73 Å². The van der Waals surface area contributed by atoms with Gasteiger partial charge in [0.05, 0.1) is 0 Å². The van der Waals surface area contributed by atoms with Crippen LogP contribution in [0.2, 0.25) is 0 Å². The van der Waals surface area contributed by atoms with Crippen LogP contribution in [-0.4, -0.2) is 38.9 Å². The fourth-order valence-corrected chi connectivity index (χ4v) is 4.69.